The minimum Gasteiger partial charge on any atom is -0.481 e. The van der Waals surface area contributed by atoms with Crippen molar-refractivity contribution in [3.63, 3.8) is 0 Å². The van der Waals surface area contributed by atoms with E-state index in [9.17, 15) is 9.59 Å². The summed E-state index contributed by atoms with van der Waals surface area (Å²) >= 11 is 0. The van der Waals surface area contributed by atoms with Crippen molar-refractivity contribution in [3.8, 4) is 0 Å². The third-order valence-electron chi connectivity index (χ3n) is 3.17. The summed E-state index contributed by atoms with van der Waals surface area (Å²) in [5.41, 5.74) is 6.42. The molecule has 1 rings (SSSR count). The standard InChI is InChI=1S/C14H20N2O3/c1-14(2,10-4-6-11(15)7-5-10)13(19)16(3)9-8-12(17)18/h4-7H,8-9,15H2,1-3H3,(H,17,18). The van der Waals surface area contributed by atoms with Crippen molar-refractivity contribution in [2.75, 3.05) is 19.3 Å². The molecule has 0 spiro atoms. The number of carboxylic acids is 1. The molecular weight excluding hydrogens is 244 g/mol. The normalized spacial score (nSPS) is 11.1. The van der Waals surface area contributed by atoms with Crippen LogP contribution in [-0.2, 0) is 15.0 Å². The number of carboxylic acid groups (broad SMARTS) is 1. The van der Waals surface area contributed by atoms with E-state index < -0.39 is 11.4 Å². The van der Waals surface area contributed by atoms with E-state index in [0.717, 1.165) is 5.56 Å². The van der Waals surface area contributed by atoms with Crippen LogP contribution >= 0.6 is 0 Å². The molecule has 0 aromatic heterocycles. The van der Waals surface area contributed by atoms with Crippen molar-refractivity contribution in [1.29, 1.82) is 0 Å². The first-order chi connectivity index (χ1) is 8.75. The Balaban J connectivity index is 2.83. The lowest BCUT2D eigenvalue weighted by molar-refractivity contribution is -0.139. The van der Waals surface area contributed by atoms with Crippen LogP contribution in [0.1, 0.15) is 25.8 Å². The molecule has 0 heterocycles. The first kappa shape index (κ1) is 15.0. The minimum absolute atomic E-state index is 0.0555. The molecule has 0 aliphatic carbocycles. The molecule has 0 bridgehead atoms. The Morgan fingerprint density at radius 3 is 2.26 bits per heavy atom. The summed E-state index contributed by atoms with van der Waals surface area (Å²) in [6.07, 6.45) is -0.0555. The molecule has 104 valence electrons. The van der Waals surface area contributed by atoms with Gasteiger partial charge in [-0.15, -0.1) is 0 Å². The molecule has 1 aromatic carbocycles. The molecule has 19 heavy (non-hydrogen) atoms. The van der Waals surface area contributed by atoms with Gasteiger partial charge in [0.1, 0.15) is 0 Å². The van der Waals surface area contributed by atoms with Crippen molar-refractivity contribution >= 4 is 17.6 Å². The summed E-state index contributed by atoms with van der Waals surface area (Å²) in [5, 5.41) is 8.64. The smallest absolute Gasteiger partial charge is 0.305 e. The number of rotatable bonds is 5. The van der Waals surface area contributed by atoms with E-state index in [1.165, 1.54) is 4.90 Å². The van der Waals surface area contributed by atoms with Gasteiger partial charge in [-0.25, -0.2) is 0 Å². The SMILES string of the molecule is CN(CCC(=O)O)C(=O)C(C)(C)c1ccc(N)cc1. The van der Waals surface area contributed by atoms with Crippen LogP contribution in [0.5, 0.6) is 0 Å². The number of carbonyl (C=O) groups excluding carboxylic acids is 1. The maximum absolute atomic E-state index is 12.4. The van der Waals surface area contributed by atoms with Crippen LogP contribution in [0.25, 0.3) is 0 Å². The fourth-order valence-electron chi connectivity index (χ4n) is 1.87. The van der Waals surface area contributed by atoms with E-state index in [4.69, 9.17) is 10.8 Å². The van der Waals surface area contributed by atoms with E-state index in [-0.39, 0.29) is 18.9 Å². The summed E-state index contributed by atoms with van der Waals surface area (Å²) in [6, 6.07) is 7.14. The second-order valence-electron chi connectivity index (χ2n) is 5.12. The van der Waals surface area contributed by atoms with Gasteiger partial charge in [-0.1, -0.05) is 12.1 Å². The molecular formula is C14H20N2O3. The fourth-order valence-corrected chi connectivity index (χ4v) is 1.87. The number of nitrogen functional groups attached to an aromatic ring is 1. The lowest BCUT2D eigenvalue weighted by Crippen LogP contribution is -2.42. The van der Waals surface area contributed by atoms with Gasteiger partial charge in [-0.2, -0.15) is 0 Å². The molecule has 0 unspecified atom stereocenters. The van der Waals surface area contributed by atoms with Crippen molar-refractivity contribution in [2.45, 2.75) is 25.7 Å². The second kappa shape index (κ2) is 5.73. The Labute approximate surface area is 113 Å². The van der Waals surface area contributed by atoms with Crippen LogP contribution < -0.4 is 5.73 Å². The molecule has 0 saturated carbocycles. The predicted octanol–water partition coefficient (Wildman–Crippen LogP) is 1.48. The Morgan fingerprint density at radius 2 is 1.79 bits per heavy atom. The highest BCUT2D eigenvalue weighted by atomic mass is 16.4. The number of anilines is 1. The third-order valence-corrected chi connectivity index (χ3v) is 3.17. The number of carbonyl (C=O) groups is 2. The quantitative estimate of drug-likeness (QED) is 0.789. The van der Waals surface area contributed by atoms with Crippen LogP contribution in [0.2, 0.25) is 0 Å². The Morgan fingerprint density at radius 1 is 1.26 bits per heavy atom. The van der Waals surface area contributed by atoms with Gasteiger partial charge in [0.15, 0.2) is 0 Å². The van der Waals surface area contributed by atoms with Crippen LogP contribution in [0, 0.1) is 0 Å². The summed E-state index contributed by atoms with van der Waals surface area (Å²) in [4.78, 5) is 24.3. The molecule has 1 amide bonds. The molecule has 1 aromatic rings. The molecule has 0 atom stereocenters. The van der Waals surface area contributed by atoms with Gasteiger partial charge in [0.25, 0.3) is 0 Å². The second-order valence-corrected chi connectivity index (χ2v) is 5.12. The zero-order valence-electron chi connectivity index (χ0n) is 11.5. The highest BCUT2D eigenvalue weighted by molar-refractivity contribution is 5.87. The predicted molar refractivity (Wildman–Crippen MR) is 73.8 cm³/mol. The number of benzene rings is 1. The van der Waals surface area contributed by atoms with E-state index in [1.54, 1.807) is 19.2 Å². The van der Waals surface area contributed by atoms with Crippen LogP contribution in [0.3, 0.4) is 0 Å². The van der Waals surface area contributed by atoms with Crippen molar-refractivity contribution < 1.29 is 14.7 Å². The lowest BCUT2D eigenvalue weighted by Gasteiger charge is -2.29. The highest BCUT2D eigenvalue weighted by Gasteiger charge is 2.32. The Hall–Kier alpha value is -2.04. The van der Waals surface area contributed by atoms with Gasteiger partial charge in [-0.05, 0) is 31.5 Å². The highest BCUT2D eigenvalue weighted by Crippen LogP contribution is 2.26. The van der Waals surface area contributed by atoms with E-state index >= 15 is 0 Å². The summed E-state index contributed by atoms with van der Waals surface area (Å²) in [7, 11) is 1.62. The van der Waals surface area contributed by atoms with E-state index in [1.807, 2.05) is 26.0 Å². The van der Waals surface area contributed by atoms with Gasteiger partial charge in [0.2, 0.25) is 5.91 Å². The zero-order valence-corrected chi connectivity index (χ0v) is 11.5. The number of nitrogens with zero attached hydrogens (tertiary/aromatic N) is 1. The first-order valence-electron chi connectivity index (χ1n) is 6.08. The first-order valence-corrected chi connectivity index (χ1v) is 6.08. The molecule has 5 heteroatoms. The average Bonchev–Trinajstić information content (AvgIpc) is 2.35. The van der Waals surface area contributed by atoms with Crippen LogP contribution in [-0.4, -0.2) is 35.5 Å². The van der Waals surface area contributed by atoms with Crippen molar-refractivity contribution in [2.24, 2.45) is 0 Å². The van der Waals surface area contributed by atoms with Crippen LogP contribution in [0.15, 0.2) is 24.3 Å². The zero-order chi connectivity index (χ0) is 14.6. The molecule has 5 nitrogen and oxygen atoms in total. The largest absolute Gasteiger partial charge is 0.481 e. The molecule has 3 N–H and O–H groups in total. The third kappa shape index (κ3) is 3.71. The van der Waals surface area contributed by atoms with Gasteiger partial charge in [0.05, 0.1) is 11.8 Å². The van der Waals surface area contributed by atoms with E-state index in [0.29, 0.717) is 5.69 Å². The monoisotopic (exact) mass is 264 g/mol. The summed E-state index contributed by atoms with van der Waals surface area (Å²) < 4.78 is 0. The summed E-state index contributed by atoms with van der Waals surface area (Å²) in [5.74, 6) is -1.02. The average molecular weight is 264 g/mol. The molecule has 0 aliphatic heterocycles. The number of likely N-dealkylation sites (N-methyl/N-ethyl adjacent to an activating group) is 1. The maximum atomic E-state index is 12.4. The number of hydrogen-bond donors (Lipinski definition) is 2. The Kier molecular flexibility index (Phi) is 4.53. The summed E-state index contributed by atoms with van der Waals surface area (Å²) in [6.45, 7) is 3.84. The molecule has 0 radical (unpaired) electrons. The lowest BCUT2D eigenvalue weighted by atomic mass is 9.83. The molecule has 0 fully saturated rings. The number of nitrogens with two attached hydrogens (primary N) is 1. The van der Waals surface area contributed by atoms with Gasteiger partial charge in [-0.3, -0.25) is 9.59 Å². The van der Waals surface area contributed by atoms with Gasteiger partial charge in [0, 0.05) is 19.3 Å². The van der Waals surface area contributed by atoms with Crippen molar-refractivity contribution in [3.05, 3.63) is 29.8 Å². The topological polar surface area (TPSA) is 83.6 Å². The Bertz CT molecular complexity index is 466. The van der Waals surface area contributed by atoms with Gasteiger partial charge >= 0.3 is 5.97 Å². The fraction of sp³-hybridized carbons (Fsp3) is 0.429. The number of amides is 1. The number of hydrogen-bond acceptors (Lipinski definition) is 3. The van der Waals surface area contributed by atoms with Crippen LogP contribution in [0.4, 0.5) is 5.69 Å². The minimum atomic E-state index is -0.912. The van der Waals surface area contributed by atoms with E-state index in [2.05, 4.69) is 0 Å². The molecule has 0 aliphatic rings. The number of aliphatic carboxylic acids is 1. The molecule has 0 saturated heterocycles. The van der Waals surface area contributed by atoms with Crippen molar-refractivity contribution in [1.82, 2.24) is 4.90 Å². The maximum Gasteiger partial charge on any atom is 0.305 e. The van der Waals surface area contributed by atoms with Gasteiger partial charge < -0.3 is 15.7 Å².